The molecule has 4 rings (SSSR count). The number of nitrogens with one attached hydrogen (secondary N) is 4. The van der Waals surface area contributed by atoms with Gasteiger partial charge in [0.2, 0.25) is 23.8 Å². The number of urea groups is 2. The lowest BCUT2D eigenvalue weighted by atomic mass is 9.84. The molecule has 2 aromatic rings. The van der Waals surface area contributed by atoms with Crippen LogP contribution in [0.4, 0.5) is 9.59 Å². The molecule has 2 fully saturated rings. The highest BCUT2D eigenvalue weighted by Crippen LogP contribution is 2.48. The molecule has 4 unspecified atom stereocenters. The molecule has 2 aliphatic rings. The Morgan fingerprint density at radius 1 is 1.28 bits per heavy atom. The number of phenolic OH excluding ortho intramolecular Hbond substituents is 1. The van der Waals surface area contributed by atoms with Gasteiger partial charge >= 0.3 is 24.0 Å². The zero-order valence-electron chi connectivity index (χ0n) is 24.8. The van der Waals surface area contributed by atoms with Crippen molar-refractivity contribution < 1.29 is 43.3 Å². The number of hydrogen-bond donors (Lipinski definition) is 5. The standard InChI is InChI=1S/C25H30ClN9O9S2/c1-11(46-22-30-32-33-31-22)25(21(40)44-10-43-12(2)36)8-35-19(39)17(20(35)45-9-25)28-18(38)16(13-5-6-15(37)14(26)7-13)29-24(42)34(4)23(41)27-3/h5-7,11,16-17,20,37H,8-10H2,1-4H3,(H,27,41)(H,28,38)(H,29,42)(H,30,31,32,33)/t11?,16?,17?,20-,25?/m1/s1. The van der Waals surface area contributed by atoms with Crippen LogP contribution in [-0.4, -0.2) is 121 Å². The molecule has 5 N–H and O–H groups in total. The number of hydrogen-bond acceptors (Lipinski definition) is 14. The minimum absolute atomic E-state index is 0.0918. The number of tetrazole rings is 1. The monoisotopic (exact) mass is 699 g/mol. The van der Waals surface area contributed by atoms with Gasteiger partial charge in [0.1, 0.15) is 28.6 Å². The van der Waals surface area contributed by atoms with Crippen molar-refractivity contribution in [3.63, 3.8) is 0 Å². The van der Waals surface area contributed by atoms with E-state index in [1.807, 2.05) is 0 Å². The van der Waals surface area contributed by atoms with E-state index in [1.165, 1.54) is 55.9 Å². The maximum Gasteiger partial charge on any atom is 0.326 e. The number of carbonyl (C=O) groups excluding carboxylic acids is 6. The number of fused-ring (bicyclic) bond motifs is 1. The average Bonchev–Trinajstić information content (AvgIpc) is 3.55. The van der Waals surface area contributed by atoms with E-state index in [0.29, 0.717) is 4.90 Å². The summed E-state index contributed by atoms with van der Waals surface area (Å²) in [5.41, 5.74) is -1.12. The predicted molar refractivity (Wildman–Crippen MR) is 161 cm³/mol. The van der Waals surface area contributed by atoms with Crippen LogP contribution in [0.25, 0.3) is 0 Å². The number of nitrogens with zero attached hydrogens (tertiary/aromatic N) is 5. The summed E-state index contributed by atoms with van der Waals surface area (Å²) in [5, 5.41) is 30.0. The van der Waals surface area contributed by atoms with E-state index in [-0.39, 0.29) is 33.8 Å². The van der Waals surface area contributed by atoms with E-state index in [1.54, 1.807) is 6.92 Å². The number of rotatable bonds is 10. The molecule has 0 radical (unpaired) electrons. The van der Waals surface area contributed by atoms with E-state index in [0.717, 1.165) is 11.8 Å². The molecule has 0 bridgehead atoms. The van der Waals surface area contributed by atoms with Gasteiger partial charge in [0.05, 0.1) is 5.02 Å². The minimum Gasteiger partial charge on any atom is -0.506 e. The highest BCUT2D eigenvalue weighted by molar-refractivity contribution is 8.01. The first kappa shape index (κ1) is 34.6. The topological polar surface area (TPSA) is 238 Å². The van der Waals surface area contributed by atoms with Gasteiger partial charge in [-0.15, -0.1) is 22.0 Å². The van der Waals surface area contributed by atoms with Crippen molar-refractivity contribution in [2.75, 3.05) is 33.2 Å². The molecule has 0 spiro atoms. The van der Waals surface area contributed by atoms with Crippen LogP contribution in [0, 0.1) is 5.41 Å². The summed E-state index contributed by atoms with van der Waals surface area (Å²) in [5.74, 6) is -2.77. The second-order valence-corrected chi connectivity index (χ2v) is 13.0. The fourth-order valence-corrected chi connectivity index (χ4v) is 7.57. The number of phenols is 1. The van der Waals surface area contributed by atoms with E-state index in [9.17, 15) is 33.9 Å². The molecule has 1 aromatic carbocycles. The Labute approximate surface area is 275 Å². The molecule has 2 aliphatic heterocycles. The van der Waals surface area contributed by atoms with Crippen LogP contribution < -0.4 is 16.0 Å². The van der Waals surface area contributed by atoms with Crippen molar-refractivity contribution >= 4 is 70.9 Å². The molecule has 1 aromatic heterocycles. The fraction of sp³-hybridized carbons (Fsp3) is 0.480. The number of aromatic amines is 1. The molecular weight excluding hydrogens is 670 g/mol. The summed E-state index contributed by atoms with van der Waals surface area (Å²) in [6.07, 6.45) is 0. The molecule has 5 atom stereocenters. The number of ether oxygens (including phenoxy) is 2. The Bertz CT molecular complexity index is 1520. The molecule has 0 saturated carbocycles. The Kier molecular flexibility index (Phi) is 10.8. The van der Waals surface area contributed by atoms with Crippen molar-refractivity contribution in [2.45, 2.75) is 41.7 Å². The van der Waals surface area contributed by atoms with Crippen molar-refractivity contribution in [1.82, 2.24) is 46.4 Å². The van der Waals surface area contributed by atoms with Crippen LogP contribution in [0.3, 0.4) is 0 Å². The van der Waals surface area contributed by atoms with Gasteiger partial charge in [-0.25, -0.2) is 14.5 Å². The number of aromatic hydroxyl groups is 1. The van der Waals surface area contributed by atoms with Gasteiger partial charge in [-0.3, -0.25) is 19.2 Å². The van der Waals surface area contributed by atoms with Gasteiger partial charge in [0.15, 0.2) is 0 Å². The summed E-state index contributed by atoms with van der Waals surface area (Å²) < 4.78 is 10.0. The lowest BCUT2D eigenvalue weighted by Crippen LogP contribution is -2.75. The third kappa shape index (κ3) is 7.23. The van der Waals surface area contributed by atoms with Crippen LogP contribution in [0.15, 0.2) is 23.4 Å². The van der Waals surface area contributed by atoms with Gasteiger partial charge in [0, 0.05) is 38.6 Å². The molecule has 46 heavy (non-hydrogen) atoms. The first-order valence-corrected chi connectivity index (χ1v) is 15.8. The molecule has 0 aliphatic carbocycles. The highest BCUT2D eigenvalue weighted by Gasteiger charge is 2.60. The quantitative estimate of drug-likeness (QED) is 0.0965. The third-order valence-electron chi connectivity index (χ3n) is 7.31. The first-order valence-electron chi connectivity index (χ1n) is 13.5. The summed E-state index contributed by atoms with van der Waals surface area (Å²) in [6.45, 7) is 2.20. The second kappa shape index (κ2) is 14.4. The second-order valence-electron chi connectivity index (χ2n) is 10.2. The largest absolute Gasteiger partial charge is 0.506 e. The fourth-order valence-electron chi connectivity index (χ4n) is 4.63. The first-order chi connectivity index (χ1) is 21.8. The third-order valence-corrected chi connectivity index (χ3v) is 10.3. The van der Waals surface area contributed by atoms with Crippen molar-refractivity contribution in [3.8, 4) is 5.75 Å². The number of esters is 2. The minimum atomic E-state index is -1.42. The van der Waals surface area contributed by atoms with Crippen molar-refractivity contribution in [1.29, 1.82) is 0 Å². The Morgan fingerprint density at radius 3 is 2.65 bits per heavy atom. The summed E-state index contributed by atoms with van der Waals surface area (Å²) in [6, 6.07) is -0.272. The average molecular weight is 700 g/mol. The predicted octanol–water partition coefficient (Wildman–Crippen LogP) is 0.212. The maximum atomic E-state index is 13.6. The normalized spacial score (nSPS) is 21.5. The smallest absolute Gasteiger partial charge is 0.326 e. The summed E-state index contributed by atoms with van der Waals surface area (Å²) in [4.78, 5) is 78.5. The number of β-lactam (4-membered cyclic amide) rings is 1. The number of thioether (sulfide) groups is 2. The van der Waals surface area contributed by atoms with Crippen LogP contribution >= 0.6 is 35.1 Å². The molecule has 6 amide bonds. The van der Waals surface area contributed by atoms with Crippen LogP contribution in [0.2, 0.25) is 5.02 Å². The van der Waals surface area contributed by atoms with Crippen LogP contribution in [-0.2, 0) is 28.7 Å². The lowest BCUT2D eigenvalue weighted by molar-refractivity contribution is -0.176. The van der Waals surface area contributed by atoms with E-state index >= 15 is 0 Å². The number of benzene rings is 1. The number of halogens is 1. The van der Waals surface area contributed by atoms with E-state index < -0.39 is 70.7 Å². The van der Waals surface area contributed by atoms with Gasteiger partial charge in [0.25, 0.3) is 0 Å². The van der Waals surface area contributed by atoms with Crippen molar-refractivity contribution in [3.05, 3.63) is 28.8 Å². The lowest BCUT2D eigenvalue weighted by Gasteiger charge is -2.55. The van der Waals surface area contributed by atoms with Gasteiger partial charge < -0.3 is 35.4 Å². The van der Waals surface area contributed by atoms with Crippen molar-refractivity contribution in [2.24, 2.45) is 5.41 Å². The Balaban J connectivity index is 1.52. The Hall–Kier alpha value is -4.30. The van der Waals surface area contributed by atoms with Gasteiger partial charge in [-0.05, 0) is 22.9 Å². The van der Waals surface area contributed by atoms with E-state index in [4.69, 9.17) is 21.1 Å². The molecule has 18 nitrogen and oxygen atoms in total. The molecule has 21 heteroatoms. The SMILES string of the molecule is CNC(=O)N(C)C(=O)NC(C(=O)NC1C(=O)N2CC(C(=O)OCOC(C)=O)(C(C)Sc3nn[nH]n3)CS[C@H]12)c1ccc(O)c(Cl)c1. The number of H-pyrrole nitrogens is 1. The molecule has 248 valence electrons. The number of imide groups is 1. The molecular formula is C25H30ClN9O9S2. The van der Waals surface area contributed by atoms with Crippen LogP contribution in [0.5, 0.6) is 5.75 Å². The van der Waals surface area contributed by atoms with E-state index in [2.05, 4.69) is 36.6 Å². The maximum absolute atomic E-state index is 13.6. The zero-order chi connectivity index (χ0) is 33.8. The molecule has 3 heterocycles. The molecule has 2 saturated heterocycles. The Morgan fingerprint density at radius 2 is 2.02 bits per heavy atom. The van der Waals surface area contributed by atoms with Crippen LogP contribution in [0.1, 0.15) is 25.5 Å². The van der Waals surface area contributed by atoms with Gasteiger partial charge in [-0.2, -0.15) is 5.21 Å². The number of carbonyl (C=O) groups is 6. The summed E-state index contributed by atoms with van der Waals surface area (Å²) >= 11 is 8.41. The number of aromatic nitrogens is 4. The number of amides is 6. The summed E-state index contributed by atoms with van der Waals surface area (Å²) in [7, 11) is 2.52. The zero-order valence-corrected chi connectivity index (χ0v) is 27.2. The van der Waals surface area contributed by atoms with Gasteiger partial charge in [-0.1, -0.05) is 36.4 Å². The highest BCUT2D eigenvalue weighted by atomic mass is 35.5.